The van der Waals surface area contributed by atoms with Crippen LogP contribution in [0.3, 0.4) is 0 Å². The lowest BCUT2D eigenvalue weighted by Gasteiger charge is -2.05. The fourth-order valence-electron chi connectivity index (χ4n) is 1.76. The second-order valence-corrected chi connectivity index (χ2v) is 3.72. The maximum Gasteiger partial charge on any atom is 0.221 e. The van der Waals surface area contributed by atoms with Gasteiger partial charge in [0.15, 0.2) is 5.78 Å². The van der Waals surface area contributed by atoms with Crippen LogP contribution in [0.15, 0.2) is 30.5 Å². The molecule has 1 aromatic heterocycles. The number of nitrogens with zero attached hydrogens (tertiary/aromatic N) is 1. The van der Waals surface area contributed by atoms with Crippen LogP contribution < -0.4 is 10.5 Å². The number of fused-ring (bicyclic) bond motifs is 1. The zero-order valence-corrected chi connectivity index (χ0v) is 9.64. The van der Waals surface area contributed by atoms with Gasteiger partial charge in [0.05, 0.1) is 7.11 Å². The lowest BCUT2D eigenvalue weighted by atomic mass is 10.0. The average Bonchev–Trinajstić information content (AvgIpc) is 2.37. The minimum atomic E-state index is 0.0604. The number of pyridine rings is 1. The summed E-state index contributed by atoms with van der Waals surface area (Å²) in [6, 6.07) is 7.34. The van der Waals surface area contributed by atoms with Gasteiger partial charge in [-0.3, -0.25) is 4.79 Å². The molecule has 2 rings (SSSR count). The van der Waals surface area contributed by atoms with Crippen molar-refractivity contribution < 1.29 is 9.53 Å². The molecule has 0 aliphatic heterocycles. The molecule has 0 amide bonds. The van der Waals surface area contributed by atoms with Gasteiger partial charge in [0.25, 0.3) is 0 Å². The predicted molar refractivity (Wildman–Crippen MR) is 66.3 cm³/mol. The van der Waals surface area contributed by atoms with E-state index in [1.165, 1.54) is 0 Å². The number of benzene rings is 1. The SMILES string of the molecule is COc1nccc2cc(C(=O)CCN)ccc12. The molecule has 0 spiro atoms. The van der Waals surface area contributed by atoms with Crippen LogP contribution in [0.4, 0.5) is 0 Å². The zero-order chi connectivity index (χ0) is 12.3. The molecule has 2 N–H and O–H groups in total. The van der Waals surface area contributed by atoms with E-state index in [2.05, 4.69) is 4.98 Å². The summed E-state index contributed by atoms with van der Waals surface area (Å²) in [4.78, 5) is 15.8. The molecule has 1 aromatic carbocycles. The number of hydrogen-bond donors (Lipinski definition) is 1. The number of nitrogens with two attached hydrogens (primary N) is 1. The Morgan fingerprint density at radius 3 is 2.94 bits per heavy atom. The summed E-state index contributed by atoms with van der Waals surface area (Å²) in [6.45, 7) is 0.372. The van der Waals surface area contributed by atoms with Crippen molar-refractivity contribution in [1.29, 1.82) is 0 Å². The molecule has 0 radical (unpaired) electrons. The number of Topliss-reactive ketones (excluding diaryl/α,β-unsaturated/α-hetero) is 1. The van der Waals surface area contributed by atoms with Crippen LogP contribution in [-0.4, -0.2) is 24.4 Å². The van der Waals surface area contributed by atoms with Gasteiger partial charge >= 0.3 is 0 Å². The minimum absolute atomic E-state index is 0.0604. The molecule has 0 aliphatic rings. The summed E-state index contributed by atoms with van der Waals surface area (Å²) >= 11 is 0. The van der Waals surface area contributed by atoms with Crippen molar-refractivity contribution in [2.75, 3.05) is 13.7 Å². The van der Waals surface area contributed by atoms with E-state index in [0.29, 0.717) is 24.4 Å². The number of ketones is 1. The van der Waals surface area contributed by atoms with Crippen LogP contribution >= 0.6 is 0 Å². The molecule has 4 heteroatoms. The van der Waals surface area contributed by atoms with Crippen LogP contribution in [-0.2, 0) is 0 Å². The fourth-order valence-corrected chi connectivity index (χ4v) is 1.76. The second kappa shape index (κ2) is 4.93. The summed E-state index contributed by atoms with van der Waals surface area (Å²) in [5.74, 6) is 0.630. The van der Waals surface area contributed by atoms with Gasteiger partial charge in [-0.1, -0.05) is 6.07 Å². The highest BCUT2D eigenvalue weighted by Crippen LogP contribution is 2.23. The highest BCUT2D eigenvalue weighted by Gasteiger charge is 2.07. The van der Waals surface area contributed by atoms with Crippen LogP contribution in [0.2, 0.25) is 0 Å². The van der Waals surface area contributed by atoms with Gasteiger partial charge in [0.2, 0.25) is 5.88 Å². The summed E-state index contributed by atoms with van der Waals surface area (Å²) in [6.07, 6.45) is 2.03. The van der Waals surface area contributed by atoms with Crippen molar-refractivity contribution in [1.82, 2.24) is 4.98 Å². The third-order valence-corrected chi connectivity index (χ3v) is 2.61. The summed E-state index contributed by atoms with van der Waals surface area (Å²) < 4.78 is 5.16. The predicted octanol–water partition coefficient (Wildman–Crippen LogP) is 1.77. The van der Waals surface area contributed by atoms with E-state index in [0.717, 1.165) is 10.8 Å². The molecule has 1 heterocycles. The Morgan fingerprint density at radius 1 is 1.41 bits per heavy atom. The summed E-state index contributed by atoms with van der Waals surface area (Å²) in [5, 5.41) is 1.85. The molecule has 0 saturated heterocycles. The van der Waals surface area contributed by atoms with Gasteiger partial charge < -0.3 is 10.5 Å². The van der Waals surface area contributed by atoms with Gasteiger partial charge in [-0.25, -0.2) is 4.98 Å². The third kappa shape index (κ3) is 2.26. The van der Waals surface area contributed by atoms with Crippen LogP contribution in [0, 0.1) is 0 Å². The first-order valence-corrected chi connectivity index (χ1v) is 5.42. The normalized spacial score (nSPS) is 10.5. The van der Waals surface area contributed by atoms with Crippen molar-refractivity contribution in [3.63, 3.8) is 0 Å². The van der Waals surface area contributed by atoms with Gasteiger partial charge in [0, 0.05) is 23.6 Å². The van der Waals surface area contributed by atoms with Crippen molar-refractivity contribution in [3.8, 4) is 5.88 Å². The molecule has 2 aromatic rings. The van der Waals surface area contributed by atoms with E-state index >= 15 is 0 Å². The number of hydrogen-bond acceptors (Lipinski definition) is 4. The van der Waals surface area contributed by atoms with Gasteiger partial charge in [-0.05, 0) is 30.1 Å². The molecule has 88 valence electrons. The smallest absolute Gasteiger partial charge is 0.221 e. The lowest BCUT2D eigenvalue weighted by Crippen LogP contribution is -2.07. The maximum absolute atomic E-state index is 11.7. The second-order valence-electron chi connectivity index (χ2n) is 3.72. The van der Waals surface area contributed by atoms with Gasteiger partial charge in [-0.2, -0.15) is 0 Å². The van der Waals surface area contributed by atoms with E-state index in [-0.39, 0.29) is 5.78 Å². The molecule has 0 aliphatic carbocycles. The quantitative estimate of drug-likeness (QED) is 0.813. The van der Waals surface area contributed by atoms with Crippen molar-refractivity contribution in [2.24, 2.45) is 5.73 Å². The number of methoxy groups -OCH3 is 1. The topological polar surface area (TPSA) is 65.2 Å². The first kappa shape index (κ1) is 11.5. The molecule has 0 bridgehead atoms. The zero-order valence-electron chi connectivity index (χ0n) is 9.64. The molecule has 0 atom stereocenters. The van der Waals surface area contributed by atoms with Gasteiger partial charge in [0.1, 0.15) is 0 Å². The fraction of sp³-hybridized carbons (Fsp3) is 0.231. The Labute approximate surface area is 99.4 Å². The maximum atomic E-state index is 11.7. The number of carbonyl (C=O) groups excluding carboxylic acids is 1. The standard InChI is InChI=1S/C13H14N2O2/c1-17-13-11-3-2-10(12(16)4-6-14)8-9(11)5-7-15-13/h2-3,5,7-8H,4,6,14H2,1H3. The molecule has 0 unspecified atom stereocenters. The Kier molecular flexibility index (Phi) is 3.35. The van der Waals surface area contributed by atoms with Gasteiger partial charge in [-0.15, -0.1) is 0 Å². The molecular formula is C13H14N2O2. The molecule has 4 nitrogen and oxygen atoms in total. The van der Waals surface area contributed by atoms with Crippen molar-refractivity contribution in [2.45, 2.75) is 6.42 Å². The van der Waals surface area contributed by atoms with Crippen molar-refractivity contribution in [3.05, 3.63) is 36.0 Å². The van der Waals surface area contributed by atoms with Crippen molar-refractivity contribution >= 4 is 16.6 Å². The van der Waals surface area contributed by atoms with E-state index in [9.17, 15) is 4.79 Å². The largest absolute Gasteiger partial charge is 0.481 e. The highest BCUT2D eigenvalue weighted by molar-refractivity contribution is 6.00. The average molecular weight is 230 g/mol. The molecular weight excluding hydrogens is 216 g/mol. The molecule has 0 saturated carbocycles. The number of ether oxygens (including phenoxy) is 1. The van der Waals surface area contributed by atoms with E-state index < -0.39 is 0 Å². The number of rotatable bonds is 4. The Bertz CT molecular complexity index is 552. The minimum Gasteiger partial charge on any atom is -0.481 e. The Balaban J connectivity index is 2.48. The molecule has 17 heavy (non-hydrogen) atoms. The number of carbonyl (C=O) groups is 1. The molecule has 0 fully saturated rings. The third-order valence-electron chi connectivity index (χ3n) is 2.61. The lowest BCUT2D eigenvalue weighted by molar-refractivity contribution is 0.0985. The van der Waals surface area contributed by atoms with E-state index in [1.807, 2.05) is 18.2 Å². The first-order valence-electron chi connectivity index (χ1n) is 5.42. The Hall–Kier alpha value is -1.94. The summed E-state index contributed by atoms with van der Waals surface area (Å²) in [5.41, 5.74) is 6.05. The Morgan fingerprint density at radius 2 is 2.24 bits per heavy atom. The van der Waals surface area contributed by atoms with Crippen LogP contribution in [0.5, 0.6) is 5.88 Å². The van der Waals surface area contributed by atoms with Crippen LogP contribution in [0.25, 0.3) is 10.8 Å². The van der Waals surface area contributed by atoms with Crippen LogP contribution in [0.1, 0.15) is 16.8 Å². The number of aromatic nitrogens is 1. The summed E-state index contributed by atoms with van der Waals surface area (Å²) in [7, 11) is 1.58. The van der Waals surface area contributed by atoms with E-state index in [4.69, 9.17) is 10.5 Å². The van der Waals surface area contributed by atoms with E-state index in [1.54, 1.807) is 19.4 Å². The first-order chi connectivity index (χ1) is 8.26. The highest BCUT2D eigenvalue weighted by atomic mass is 16.5. The monoisotopic (exact) mass is 230 g/mol.